The summed E-state index contributed by atoms with van der Waals surface area (Å²) in [6.07, 6.45) is 4.01. The van der Waals surface area contributed by atoms with Gasteiger partial charge in [-0.2, -0.15) is 0 Å². The number of carbonyl (C=O) groups excluding carboxylic acids is 1. The van der Waals surface area contributed by atoms with E-state index in [2.05, 4.69) is 4.99 Å². The molecule has 1 amide bonds. The molecule has 0 aromatic carbocycles. The third kappa shape index (κ3) is 3.02. The molecule has 3 nitrogen and oxygen atoms in total. The summed E-state index contributed by atoms with van der Waals surface area (Å²) in [6, 6.07) is 0. The van der Waals surface area contributed by atoms with Gasteiger partial charge in [0.25, 0.3) is 0 Å². The van der Waals surface area contributed by atoms with Crippen LogP contribution in [0.1, 0.15) is 13.3 Å². The standard InChI is InChI=1S/C7H12N2O/c1-3-4-6(5-9-2)7(8)10/h4-5H,3H2,1-2H3,(H2,8,10)/b6-4+,9-5?. The van der Waals surface area contributed by atoms with Crippen LogP contribution in [0.2, 0.25) is 0 Å². The number of aliphatic imine (C=N–C) groups is 1. The summed E-state index contributed by atoms with van der Waals surface area (Å²) in [4.78, 5) is 14.2. The third-order valence-corrected chi connectivity index (χ3v) is 0.977. The number of allylic oxidation sites excluding steroid dienone is 1. The fourth-order valence-electron chi connectivity index (χ4n) is 0.576. The number of amides is 1. The van der Waals surface area contributed by atoms with Gasteiger partial charge in [0.15, 0.2) is 0 Å². The molecule has 0 radical (unpaired) electrons. The van der Waals surface area contributed by atoms with Crippen LogP contribution in [0.3, 0.4) is 0 Å². The van der Waals surface area contributed by atoms with Crippen molar-refractivity contribution >= 4 is 12.1 Å². The van der Waals surface area contributed by atoms with Crippen LogP contribution in [-0.2, 0) is 4.79 Å². The quantitative estimate of drug-likeness (QED) is 0.450. The second-order valence-corrected chi connectivity index (χ2v) is 1.82. The molecule has 0 rings (SSSR count). The maximum absolute atomic E-state index is 10.5. The van der Waals surface area contributed by atoms with Gasteiger partial charge in [0.05, 0.1) is 5.57 Å². The van der Waals surface area contributed by atoms with Crippen LogP contribution < -0.4 is 5.73 Å². The van der Waals surface area contributed by atoms with Crippen molar-refractivity contribution in [2.75, 3.05) is 7.05 Å². The molecule has 0 aromatic rings. The number of carbonyl (C=O) groups is 1. The van der Waals surface area contributed by atoms with Gasteiger partial charge in [0, 0.05) is 13.3 Å². The topological polar surface area (TPSA) is 55.4 Å². The lowest BCUT2D eigenvalue weighted by molar-refractivity contribution is -0.114. The van der Waals surface area contributed by atoms with Gasteiger partial charge in [-0.3, -0.25) is 9.79 Å². The summed E-state index contributed by atoms with van der Waals surface area (Å²) in [5, 5.41) is 0. The van der Waals surface area contributed by atoms with Crippen molar-refractivity contribution in [3.05, 3.63) is 11.6 Å². The molecule has 0 atom stereocenters. The Morgan fingerprint density at radius 1 is 1.70 bits per heavy atom. The fourth-order valence-corrected chi connectivity index (χ4v) is 0.576. The van der Waals surface area contributed by atoms with E-state index in [1.165, 1.54) is 6.21 Å². The van der Waals surface area contributed by atoms with Crippen LogP contribution in [0.25, 0.3) is 0 Å². The molecular weight excluding hydrogens is 128 g/mol. The molecule has 0 fully saturated rings. The predicted molar refractivity (Wildman–Crippen MR) is 42.0 cm³/mol. The highest BCUT2D eigenvalue weighted by Crippen LogP contribution is 1.90. The molecule has 0 saturated carbocycles. The lowest BCUT2D eigenvalue weighted by Crippen LogP contribution is -2.14. The second-order valence-electron chi connectivity index (χ2n) is 1.82. The van der Waals surface area contributed by atoms with E-state index in [4.69, 9.17) is 5.73 Å². The van der Waals surface area contributed by atoms with Crippen molar-refractivity contribution in [3.8, 4) is 0 Å². The minimum absolute atomic E-state index is 0.424. The Kier molecular flexibility index (Phi) is 4.20. The van der Waals surface area contributed by atoms with Crippen molar-refractivity contribution in [1.29, 1.82) is 0 Å². The number of hydrogen-bond donors (Lipinski definition) is 1. The van der Waals surface area contributed by atoms with Crippen molar-refractivity contribution in [2.45, 2.75) is 13.3 Å². The van der Waals surface area contributed by atoms with Crippen molar-refractivity contribution in [1.82, 2.24) is 0 Å². The van der Waals surface area contributed by atoms with Crippen LogP contribution in [0.5, 0.6) is 0 Å². The highest BCUT2D eigenvalue weighted by atomic mass is 16.1. The van der Waals surface area contributed by atoms with Crippen molar-refractivity contribution in [3.63, 3.8) is 0 Å². The number of primary amides is 1. The molecule has 10 heavy (non-hydrogen) atoms. The largest absolute Gasteiger partial charge is 0.366 e. The van der Waals surface area contributed by atoms with E-state index in [-0.39, 0.29) is 0 Å². The summed E-state index contributed by atoms with van der Waals surface area (Å²) in [7, 11) is 1.60. The van der Waals surface area contributed by atoms with E-state index in [1.54, 1.807) is 13.1 Å². The minimum Gasteiger partial charge on any atom is -0.366 e. The number of hydrogen-bond acceptors (Lipinski definition) is 2. The van der Waals surface area contributed by atoms with E-state index in [0.29, 0.717) is 5.57 Å². The van der Waals surface area contributed by atoms with Gasteiger partial charge in [-0.15, -0.1) is 0 Å². The molecule has 0 unspecified atom stereocenters. The first-order valence-corrected chi connectivity index (χ1v) is 3.14. The highest BCUT2D eigenvalue weighted by Gasteiger charge is 1.97. The van der Waals surface area contributed by atoms with Crippen molar-refractivity contribution < 1.29 is 4.79 Å². The van der Waals surface area contributed by atoms with Crippen LogP contribution in [0, 0.1) is 0 Å². The Balaban J connectivity index is 4.26. The number of nitrogens with two attached hydrogens (primary N) is 1. The lowest BCUT2D eigenvalue weighted by atomic mass is 10.2. The summed E-state index contributed by atoms with van der Waals surface area (Å²) in [5.41, 5.74) is 5.49. The average molecular weight is 140 g/mol. The molecule has 0 heterocycles. The van der Waals surface area contributed by atoms with Gasteiger partial charge in [0.1, 0.15) is 0 Å². The first-order chi connectivity index (χ1) is 4.72. The van der Waals surface area contributed by atoms with Gasteiger partial charge in [0.2, 0.25) is 5.91 Å². The summed E-state index contributed by atoms with van der Waals surface area (Å²) in [5.74, 6) is -0.424. The Morgan fingerprint density at radius 3 is 2.60 bits per heavy atom. The van der Waals surface area contributed by atoms with Gasteiger partial charge in [-0.05, 0) is 6.42 Å². The van der Waals surface area contributed by atoms with Gasteiger partial charge in [-0.25, -0.2) is 0 Å². The molecule has 2 N–H and O–H groups in total. The fraction of sp³-hybridized carbons (Fsp3) is 0.429. The number of rotatable bonds is 3. The van der Waals surface area contributed by atoms with E-state index in [1.807, 2.05) is 6.92 Å². The Bertz CT molecular complexity index is 170. The molecule has 0 aliphatic heterocycles. The zero-order valence-corrected chi connectivity index (χ0v) is 6.29. The Morgan fingerprint density at radius 2 is 2.30 bits per heavy atom. The van der Waals surface area contributed by atoms with Crippen LogP contribution in [0.4, 0.5) is 0 Å². The van der Waals surface area contributed by atoms with E-state index in [0.717, 1.165) is 6.42 Å². The number of nitrogens with zero attached hydrogens (tertiary/aromatic N) is 1. The molecule has 3 heteroatoms. The summed E-state index contributed by atoms with van der Waals surface area (Å²) < 4.78 is 0. The van der Waals surface area contributed by atoms with Crippen LogP contribution in [0.15, 0.2) is 16.6 Å². The smallest absolute Gasteiger partial charge is 0.249 e. The van der Waals surface area contributed by atoms with Crippen LogP contribution >= 0.6 is 0 Å². The maximum Gasteiger partial charge on any atom is 0.249 e. The first kappa shape index (κ1) is 8.88. The van der Waals surface area contributed by atoms with E-state index >= 15 is 0 Å². The Labute approximate surface area is 60.6 Å². The normalized spacial score (nSPS) is 12.4. The summed E-state index contributed by atoms with van der Waals surface area (Å²) in [6.45, 7) is 1.94. The maximum atomic E-state index is 10.5. The SMILES string of the molecule is CC/C=C(\C=NC)C(N)=O. The minimum atomic E-state index is -0.424. The lowest BCUT2D eigenvalue weighted by Gasteiger charge is -1.91. The van der Waals surface area contributed by atoms with Crippen molar-refractivity contribution in [2.24, 2.45) is 10.7 Å². The average Bonchev–Trinajstić information content (AvgIpc) is 1.87. The molecule has 0 aliphatic carbocycles. The molecule has 0 aromatic heterocycles. The molecule has 0 aliphatic rings. The molecule has 0 saturated heterocycles. The van der Waals surface area contributed by atoms with Gasteiger partial charge >= 0.3 is 0 Å². The second kappa shape index (κ2) is 4.73. The highest BCUT2D eigenvalue weighted by molar-refractivity contribution is 6.11. The monoisotopic (exact) mass is 140 g/mol. The molecule has 0 bridgehead atoms. The molecule has 56 valence electrons. The zero-order chi connectivity index (χ0) is 7.98. The molecular formula is C7H12N2O. The van der Waals surface area contributed by atoms with E-state index in [9.17, 15) is 4.79 Å². The third-order valence-electron chi connectivity index (χ3n) is 0.977. The first-order valence-electron chi connectivity index (χ1n) is 3.14. The van der Waals surface area contributed by atoms with Gasteiger partial charge in [-0.1, -0.05) is 13.0 Å². The van der Waals surface area contributed by atoms with Gasteiger partial charge < -0.3 is 5.73 Å². The van der Waals surface area contributed by atoms with E-state index < -0.39 is 5.91 Å². The zero-order valence-electron chi connectivity index (χ0n) is 6.29. The summed E-state index contributed by atoms with van der Waals surface area (Å²) >= 11 is 0. The predicted octanol–water partition coefficient (Wildman–Crippen LogP) is 0.509. The molecule has 0 spiro atoms. The Hall–Kier alpha value is -1.12. The van der Waals surface area contributed by atoms with Crippen LogP contribution in [-0.4, -0.2) is 19.2 Å².